The molecule has 2 aliphatic carbocycles. The Labute approximate surface area is 106 Å². The predicted molar refractivity (Wildman–Crippen MR) is 71.0 cm³/mol. The van der Waals surface area contributed by atoms with E-state index in [0.717, 1.165) is 31.8 Å². The third-order valence-corrected chi connectivity index (χ3v) is 4.33. The maximum absolute atomic E-state index is 11.8. The van der Waals surface area contributed by atoms with Crippen molar-refractivity contribution in [2.24, 2.45) is 11.8 Å². The standard InChI is InChI=1S/C15H27NO/c1-12(2)10-16(14-7-3-4-8-14)11-13-6-5-9-15(13)17/h12-14H,3-11H2,1-2H3. The fourth-order valence-corrected chi connectivity index (χ4v) is 3.48. The summed E-state index contributed by atoms with van der Waals surface area (Å²) in [5, 5.41) is 0. The van der Waals surface area contributed by atoms with Crippen molar-refractivity contribution in [2.45, 2.75) is 64.8 Å². The molecule has 2 rings (SSSR count). The van der Waals surface area contributed by atoms with E-state index < -0.39 is 0 Å². The molecule has 0 heterocycles. The molecule has 98 valence electrons. The lowest BCUT2D eigenvalue weighted by Gasteiger charge is -2.32. The zero-order valence-corrected chi connectivity index (χ0v) is 11.5. The van der Waals surface area contributed by atoms with Crippen molar-refractivity contribution in [2.75, 3.05) is 13.1 Å². The van der Waals surface area contributed by atoms with Gasteiger partial charge in [0.25, 0.3) is 0 Å². The topological polar surface area (TPSA) is 20.3 Å². The quantitative estimate of drug-likeness (QED) is 0.731. The first-order chi connectivity index (χ1) is 8.16. The number of ketones is 1. The monoisotopic (exact) mass is 237 g/mol. The number of nitrogens with zero attached hydrogens (tertiary/aromatic N) is 1. The van der Waals surface area contributed by atoms with E-state index in [2.05, 4.69) is 18.7 Å². The van der Waals surface area contributed by atoms with Crippen molar-refractivity contribution in [1.29, 1.82) is 0 Å². The lowest BCUT2D eigenvalue weighted by molar-refractivity contribution is -0.121. The van der Waals surface area contributed by atoms with E-state index in [9.17, 15) is 4.79 Å². The SMILES string of the molecule is CC(C)CN(CC1CCCC1=O)C1CCCC1. The smallest absolute Gasteiger partial charge is 0.137 e. The van der Waals surface area contributed by atoms with Crippen LogP contribution in [0.5, 0.6) is 0 Å². The molecule has 0 N–H and O–H groups in total. The summed E-state index contributed by atoms with van der Waals surface area (Å²) < 4.78 is 0. The Morgan fingerprint density at radius 3 is 2.41 bits per heavy atom. The van der Waals surface area contributed by atoms with Gasteiger partial charge in [0.05, 0.1) is 0 Å². The third-order valence-electron chi connectivity index (χ3n) is 4.33. The van der Waals surface area contributed by atoms with E-state index in [1.54, 1.807) is 0 Å². The summed E-state index contributed by atoms with van der Waals surface area (Å²) in [4.78, 5) is 14.4. The highest BCUT2D eigenvalue weighted by molar-refractivity contribution is 5.83. The molecule has 2 saturated carbocycles. The van der Waals surface area contributed by atoms with Gasteiger partial charge in [-0.05, 0) is 31.6 Å². The second kappa shape index (κ2) is 5.99. The third kappa shape index (κ3) is 3.54. The zero-order chi connectivity index (χ0) is 12.3. The summed E-state index contributed by atoms with van der Waals surface area (Å²) in [6.07, 6.45) is 8.59. The Morgan fingerprint density at radius 1 is 1.18 bits per heavy atom. The van der Waals surface area contributed by atoms with Gasteiger partial charge in [0.15, 0.2) is 0 Å². The largest absolute Gasteiger partial charge is 0.299 e. The molecular weight excluding hydrogens is 210 g/mol. The van der Waals surface area contributed by atoms with Crippen LogP contribution >= 0.6 is 0 Å². The Kier molecular flexibility index (Phi) is 4.61. The summed E-state index contributed by atoms with van der Waals surface area (Å²) >= 11 is 0. The number of carbonyl (C=O) groups excluding carboxylic acids is 1. The van der Waals surface area contributed by atoms with Crippen LogP contribution in [-0.4, -0.2) is 29.8 Å². The highest BCUT2D eigenvalue weighted by atomic mass is 16.1. The van der Waals surface area contributed by atoms with E-state index in [-0.39, 0.29) is 0 Å². The maximum Gasteiger partial charge on any atom is 0.137 e. The van der Waals surface area contributed by atoms with Crippen molar-refractivity contribution in [3.8, 4) is 0 Å². The Morgan fingerprint density at radius 2 is 1.88 bits per heavy atom. The molecule has 0 aromatic heterocycles. The average Bonchev–Trinajstić information content (AvgIpc) is 2.89. The van der Waals surface area contributed by atoms with Crippen LogP contribution in [0.15, 0.2) is 0 Å². The molecular formula is C15H27NO. The fraction of sp³-hybridized carbons (Fsp3) is 0.933. The van der Waals surface area contributed by atoms with Crippen molar-refractivity contribution in [3.63, 3.8) is 0 Å². The van der Waals surface area contributed by atoms with Crippen LogP contribution in [0.3, 0.4) is 0 Å². The Balaban J connectivity index is 1.91. The summed E-state index contributed by atoms with van der Waals surface area (Å²) in [5.41, 5.74) is 0. The van der Waals surface area contributed by atoms with E-state index in [0.29, 0.717) is 17.6 Å². The lowest BCUT2D eigenvalue weighted by atomic mass is 10.0. The van der Waals surface area contributed by atoms with Crippen LogP contribution < -0.4 is 0 Å². The predicted octanol–water partition coefficient (Wildman–Crippen LogP) is 3.26. The Hall–Kier alpha value is -0.370. The molecule has 1 atom stereocenters. The van der Waals surface area contributed by atoms with E-state index in [1.165, 1.54) is 32.2 Å². The summed E-state index contributed by atoms with van der Waals surface area (Å²) in [7, 11) is 0. The molecule has 0 aromatic rings. The normalized spacial score (nSPS) is 26.6. The van der Waals surface area contributed by atoms with Crippen LogP contribution in [0.4, 0.5) is 0 Å². The van der Waals surface area contributed by atoms with E-state index in [4.69, 9.17) is 0 Å². The van der Waals surface area contributed by atoms with Gasteiger partial charge in [0.1, 0.15) is 5.78 Å². The van der Waals surface area contributed by atoms with Gasteiger partial charge >= 0.3 is 0 Å². The first kappa shape index (κ1) is 13.1. The van der Waals surface area contributed by atoms with Gasteiger partial charge in [-0.3, -0.25) is 9.69 Å². The molecule has 0 aliphatic heterocycles. The minimum absolute atomic E-state index is 0.356. The molecule has 2 fully saturated rings. The molecule has 1 unspecified atom stereocenters. The molecule has 2 heteroatoms. The van der Waals surface area contributed by atoms with Gasteiger partial charge in [-0.15, -0.1) is 0 Å². The summed E-state index contributed by atoms with van der Waals surface area (Å²) in [6, 6.07) is 0.769. The number of hydrogen-bond acceptors (Lipinski definition) is 2. The molecule has 0 bridgehead atoms. The molecule has 17 heavy (non-hydrogen) atoms. The highest BCUT2D eigenvalue weighted by Crippen LogP contribution is 2.28. The second-order valence-corrected chi connectivity index (χ2v) is 6.34. The van der Waals surface area contributed by atoms with Gasteiger partial charge < -0.3 is 0 Å². The molecule has 0 aromatic carbocycles. The van der Waals surface area contributed by atoms with Crippen LogP contribution in [0.2, 0.25) is 0 Å². The van der Waals surface area contributed by atoms with E-state index >= 15 is 0 Å². The first-order valence-electron chi connectivity index (χ1n) is 7.43. The molecule has 0 radical (unpaired) electrons. The van der Waals surface area contributed by atoms with Gasteiger partial charge in [0.2, 0.25) is 0 Å². The minimum Gasteiger partial charge on any atom is -0.299 e. The van der Waals surface area contributed by atoms with Crippen molar-refractivity contribution >= 4 is 5.78 Å². The zero-order valence-electron chi connectivity index (χ0n) is 11.5. The first-order valence-corrected chi connectivity index (χ1v) is 7.43. The lowest BCUT2D eigenvalue weighted by Crippen LogP contribution is -2.40. The molecule has 0 saturated heterocycles. The molecule has 0 amide bonds. The van der Waals surface area contributed by atoms with Crippen LogP contribution in [0.25, 0.3) is 0 Å². The molecule has 2 aliphatic rings. The number of rotatable bonds is 5. The minimum atomic E-state index is 0.356. The van der Waals surface area contributed by atoms with Gasteiger partial charge in [-0.25, -0.2) is 0 Å². The van der Waals surface area contributed by atoms with Crippen LogP contribution in [0, 0.1) is 11.8 Å². The Bertz CT molecular complexity index is 256. The maximum atomic E-state index is 11.8. The number of Topliss-reactive ketones (excluding diaryl/α,β-unsaturated/α-hetero) is 1. The number of carbonyl (C=O) groups is 1. The van der Waals surface area contributed by atoms with Gasteiger partial charge in [0, 0.05) is 31.5 Å². The number of hydrogen-bond donors (Lipinski definition) is 0. The summed E-state index contributed by atoms with van der Waals surface area (Å²) in [5.74, 6) is 1.60. The molecule has 2 nitrogen and oxygen atoms in total. The van der Waals surface area contributed by atoms with Crippen molar-refractivity contribution < 1.29 is 4.79 Å². The summed E-state index contributed by atoms with van der Waals surface area (Å²) in [6.45, 7) is 6.80. The fourth-order valence-electron chi connectivity index (χ4n) is 3.48. The second-order valence-electron chi connectivity index (χ2n) is 6.34. The van der Waals surface area contributed by atoms with Crippen molar-refractivity contribution in [3.05, 3.63) is 0 Å². The van der Waals surface area contributed by atoms with E-state index in [1.807, 2.05) is 0 Å². The van der Waals surface area contributed by atoms with Gasteiger partial charge in [-0.1, -0.05) is 26.7 Å². The molecule has 0 spiro atoms. The average molecular weight is 237 g/mol. The van der Waals surface area contributed by atoms with Gasteiger partial charge in [-0.2, -0.15) is 0 Å². The highest BCUT2D eigenvalue weighted by Gasteiger charge is 2.30. The van der Waals surface area contributed by atoms with Crippen molar-refractivity contribution in [1.82, 2.24) is 4.90 Å². The van der Waals surface area contributed by atoms with Crippen LogP contribution in [0.1, 0.15) is 58.8 Å². The van der Waals surface area contributed by atoms with Crippen LogP contribution in [-0.2, 0) is 4.79 Å².